The molecule has 4 aromatic rings. The summed E-state index contributed by atoms with van der Waals surface area (Å²) in [5.41, 5.74) is 5.81. The number of nitrogens with one attached hydrogen (secondary N) is 2. The molecule has 41 heavy (non-hydrogen) atoms. The third-order valence-electron chi connectivity index (χ3n) is 5.95. The molecule has 0 saturated carbocycles. The molecule has 0 fully saturated rings. The van der Waals surface area contributed by atoms with Crippen LogP contribution in [-0.4, -0.2) is 39.3 Å². The van der Waals surface area contributed by atoms with E-state index >= 15 is 0 Å². The summed E-state index contributed by atoms with van der Waals surface area (Å²) in [7, 11) is -3.54. The van der Waals surface area contributed by atoms with Crippen LogP contribution in [0.25, 0.3) is 0 Å². The van der Waals surface area contributed by atoms with Gasteiger partial charge < -0.3 is 10.1 Å². The van der Waals surface area contributed by atoms with Crippen molar-refractivity contribution < 1.29 is 22.7 Å². The van der Waals surface area contributed by atoms with Gasteiger partial charge in [0.25, 0.3) is 11.8 Å². The van der Waals surface area contributed by atoms with E-state index in [1.165, 1.54) is 10.5 Å². The van der Waals surface area contributed by atoms with Crippen molar-refractivity contribution in [1.82, 2.24) is 10.7 Å². The highest BCUT2D eigenvalue weighted by Crippen LogP contribution is 2.21. The molecule has 4 aromatic carbocycles. The second-order valence-electron chi connectivity index (χ2n) is 9.12. The molecule has 10 heteroatoms. The van der Waals surface area contributed by atoms with Crippen LogP contribution in [0, 0.1) is 0 Å². The van der Waals surface area contributed by atoms with Gasteiger partial charge >= 0.3 is 0 Å². The number of hydrazone groups is 1. The van der Waals surface area contributed by atoms with E-state index < -0.39 is 15.9 Å². The molecule has 4 rings (SSSR count). The SMILES string of the molecule is CS(=O)(=O)N(Cc1ccccc1)c1ccc(C(=O)N/N=C\c2ccc(OCC(=O)NCc3ccccc3)cc2)cc1. The van der Waals surface area contributed by atoms with Crippen molar-refractivity contribution in [3.05, 3.63) is 131 Å². The molecule has 0 aromatic heterocycles. The highest BCUT2D eigenvalue weighted by atomic mass is 32.2. The fourth-order valence-corrected chi connectivity index (χ4v) is 4.69. The van der Waals surface area contributed by atoms with Crippen molar-refractivity contribution in [1.29, 1.82) is 0 Å². The van der Waals surface area contributed by atoms with E-state index in [1.807, 2.05) is 60.7 Å². The Morgan fingerprint density at radius 1 is 0.829 bits per heavy atom. The van der Waals surface area contributed by atoms with Crippen molar-refractivity contribution >= 4 is 33.7 Å². The first kappa shape index (κ1) is 29.0. The Morgan fingerprint density at radius 2 is 1.44 bits per heavy atom. The summed E-state index contributed by atoms with van der Waals surface area (Å²) in [4.78, 5) is 24.6. The molecule has 0 radical (unpaired) electrons. The molecule has 9 nitrogen and oxygen atoms in total. The first-order valence-corrected chi connectivity index (χ1v) is 14.6. The van der Waals surface area contributed by atoms with Gasteiger partial charge in [0.05, 0.1) is 24.7 Å². The number of carbonyl (C=O) groups is 2. The third-order valence-corrected chi connectivity index (χ3v) is 7.09. The topological polar surface area (TPSA) is 117 Å². The van der Waals surface area contributed by atoms with Crippen molar-refractivity contribution in [2.45, 2.75) is 13.1 Å². The largest absolute Gasteiger partial charge is 0.484 e. The van der Waals surface area contributed by atoms with Crippen LogP contribution in [0.5, 0.6) is 5.75 Å². The number of nitrogens with zero attached hydrogens (tertiary/aromatic N) is 2. The van der Waals surface area contributed by atoms with Crippen LogP contribution in [0.1, 0.15) is 27.0 Å². The van der Waals surface area contributed by atoms with Crippen molar-refractivity contribution in [3.63, 3.8) is 0 Å². The summed E-state index contributed by atoms with van der Waals surface area (Å²) in [6, 6.07) is 32.0. The Morgan fingerprint density at radius 3 is 2.05 bits per heavy atom. The van der Waals surface area contributed by atoms with E-state index in [-0.39, 0.29) is 19.1 Å². The average Bonchev–Trinajstić information content (AvgIpc) is 2.99. The maximum Gasteiger partial charge on any atom is 0.271 e. The minimum absolute atomic E-state index is 0.108. The number of hydrogen-bond acceptors (Lipinski definition) is 6. The number of ether oxygens (including phenoxy) is 1. The van der Waals surface area contributed by atoms with Gasteiger partial charge in [0.2, 0.25) is 10.0 Å². The lowest BCUT2D eigenvalue weighted by Crippen LogP contribution is -2.29. The van der Waals surface area contributed by atoms with Gasteiger partial charge in [-0.3, -0.25) is 13.9 Å². The van der Waals surface area contributed by atoms with E-state index in [4.69, 9.17) is 4.74 Å². The summed E-state index contributed by atoms with van der Waals surface area (Å²) in [6.45, 7) is 0.506. The Kier molecular flexibility index (Phi) is 9.85. The maximum atomic E-state index is 12.5. The highest BCUT2D eigenvalue weighted by Gasteiger charge is 2.18. The lowest BCUT2D eigenvalue weighted by atomic mass is 10.2. The second-order valence-corrected chi connectivity index (χ2v) is 11.0. The molecule has 0 heterocycles. The van der Waals surface area contributed by atoms with Gasteiger partial charge in [-0.1, -0.05) is 60.7 Å². The monoisotopic (exact) mass is 570 g/mol. The fraction of sp³-hybridized carbons (Fsp3) is 0.129. The Bertz CT molecular complexity index is 1580. The summed E-state index contributed by atoms with van der Waals surface area (Å²) in [6.07, 6.45) is 2.63. The molecule has 0 atom stereocenters. The van der Waals surface area contributed by atoms with Gasteiger partial charge in [0, 0.05) is 12.1 Å². The van der Waals surface area contributed by atoms with Crippen LogP contribution in [0.4, 0.5) is 5.69 Å². The second kappa shape index (κ2) is 13.9. The van der Waals surface area contributed by atoms with Crippen LogP contribution >= 0.6 is 0 Å². The number of benzene rings is 4. The number of sulfonamides is 1. The zero-order valence-electron chi connectivity index (χ0n) is 22.4. The number of rotatable bonds is 12. The predicted molar refractivity (Wildman–Crippen MR) is 159 cm³/mol. The predicted octanol–water partition coefficient (Wildman–Crippen LogP) is 4.11. The van der Waals surface area contributed by atoms with E-state index in [1.54, 1.807) is 48.5 Å². The van der Waals surface area contributed by atoms with Crippen LogP contribution < -0.4 is 19.8 Å². The molecule has 0 unspecified atom stereocenters. The molecular weight excluding hydrogens is 540 g/mol. The highest BCUT2D eigenvalue weighted by molar-refractivity contribution is 7.92. The maximum absolute atomic E-state index is 12.5. The molecule has 2 amide bonds. The summed E-state index contributed by atoms with van der Waals surface area (Å²) in [5.74, 6) is -0.143. The summed E-state index contributed by atoms with van der Waals surface area (Å²) < 4.78 is 31.6. The van der Waals surface area contributed by atoms with Gasteiger partial charge in [-0.15, -0.1) is 0 Å². The lowest BCUT2D eigenvalue weighted by Gasteiger charge is -2.22. The van der Waals surface area contributed by atoms with E-state index in [2.05, 4.69) is 15.8 Å². The normalized spacial score (nSPS) is 11.1. The zero-order chi connectivity index (χ0) is 29.1. The van der Waals surface area contributed by atoms with Crippen LogP contribution in [0.15, 0.2) is 114 Å². The van der Waals surface area contributed by atoms with Gasteiger partial charge in [0.1, 0.15) is 5.75 Å². The van der Waals surface area contributed by atoms with Crippen molar-refractivity contribution in [2.24, 2.45) is 5.10 Å². The van der Waals surface area contributed by atoms with Crippen molar-refractivity contribution in [2.75, 3.05) is 17.2 Å². The van der Waals surface area contributed by atoms with Gasteiger partial charge in [-0.05, 0) is 65.2 Å². The molecule has 0 aliphatic heterocycles. The molecule has 2 N–H and O–H groups in total. The fourth-order valence-electron chi connectivity index (χ4n) is 3.80. The van der Waals surface area contributed by atoms with Crippen LogP contribution in [0.3, 0.4) is 0 Å². The number of amides is 2. The first-order chi connectivity index (χ1) is 19.8. The first-order valence-electron chi connectivity index (χ1n) is 12.8. The molecular formula is C31H30N4O5S. The van der Waals surface area contributed by atoms with E-state index in [0.717, 1.165) is 17.4 Å². The summed E-state index contributed by atoms with van der Waals surface area (Å²) in [5, 5.41) is 6.79. The quantitative estimate of drug-likeness (QED) is 0.196. The number of hydrogen-bond donors (Lipinski definition) is 2. The zero-order valence-corrected chi connectivity index (χ0v) is 23.3. The van der Waals surface area contributed by atoms with Crippen LogP contribution in [-0.2, 0) is 27.9 Å². The van der Waals surface area contributed by atoms with Crippen LogP contribution in [0.2, 0.25) is 0 Å². The standard InChI is InChI=1S/C31H30N4O5S/c1-41(38,39)35(22-26-10-6-3-7-11-26)28-16-14-27(15-17-28)31(37)34-33-21-25-12-18-29(19-13-25)40-23-30(36)32-20-24-8-4-2-5-9-24/h2-19,21H,20,22-23H2,1H3,(H,32,36)(H,34,37)/b33-21-. The van der Waals surface area contributed by atoms with E-state index in [0.29, 0.717) is 29.1 Å². The van der Waals surface area contributed by atoms with E-state index in [9.17, 15) is 18.0 Å². The molecule has 0 saturated heterocycles. The van der Waals surface area contributed by atoms with Gasteiger partial charge in [0.15, 0.2) is 6.61 Å². The smallest absolute Gasteiger partial charge is 0.271 e. The molecule has 210 valence electrons. The molecule has 0 aliphatic rings. The van der Waals surface area contributed by atoms with Gasteiger partial charge in [-0.2, -0.15) is 5.10 Å². The molecule has 0 aliphatic carbocycles. The Balaban J connectivity index is 1.26. The average molecular weight is 571 g/mol. The Hall–Kier alpha value is -4.96. The molecule has 0 spiro atoms. The number of anilines is 1. The summed E-state index contributed by atoms with van der Waals surface area (Å²) >= 11 is 0. The third kappa shape index (κ3) is 9.04. The Labute approximate surface area is 239 Å². The minimum Gasteiger partial charge on any atom is -0.484 e. The number of carbonyl (C=O) groups excluding carboxylic acids is 2. The minimum atomic E-state index is -3.54. The van der Waals surface area contributed by atoms with Gasteiger partial charge in [-0.25, -0.2) is 13.8 Å². The van der Waals surface area contributed by atoms with Crippen molar-refractivity contribution in [3.8, 4) is 5.75 Å². The lowest BCUT2D eigenvalue weighted by molar-refractivity contribution is -0.123. The molecule has 0 bridgehead atoms.